The molecule has 0 radical (unpaired) electrons. The maximum absolute atomic E-state index is 6.01. The van der Waals surface area contributed by atoms with E-state index in [0.717, 1.165) is 35.3 Å². The van der Waals surface area contributed by atoms with Crippen molar-refractivity contribution in [3.63, 3.8) is 0 Å². The van der Waals surface area contributed by atoms with E-state index in [1.807, 2.05) is 6.92 Å². The minimum absolute atomic E-state index is 0.229. The fourth-order valence-corrected chi connectivity index (χ4v) is 2.11. The van der Waals surface area contributed by atoms with E-state index in [-0.39, 0.29) is 6.04 Å². The van der Waals surface area contributed by atoms with Crippen LogP contribution in [0.25, 0.3) is 0 Å². The number of halogens is 1. The summed E-state index contributed by atoms with van der Waals surface area (Å²) in [6.45, 7) is 8.74. The van der Waals surface area contributed by atoms with E-state index in [9.17, 15) is 0 Å². The number of nitrogens with two attached hydrogens (primary N) is 1. The van der Waals surface area contributed by atoms with Gasteiger partial charge in [-0.3, -0.25) is 0 Å². The van der Waals surface area contributed by atoms with Gasteiger partial charge in [-0.15, -0.1) is 0 Å². The molecule has 0 fully saturated rings. The van der Waals surface area contributed by atoms with Crippen molar-refractivity contribution in [2.75, 3.05) is 6.61 Å². The zero-order valence-corrected chi connectivity index (χ0v) is 13.1. The van der Waals surface area contributed by atoms with E-state index in [2.05, 4.69) is 32.9 Å². The molecule has 0 saturated heterocycles. The number of aryl methyl sites for hydroxylation is 2. The molecular weight excluding hydrogens is 258 g/mol. The lowest BCUT2D eigenvalue weighted by Crippen LogP contribution is -2.21. The Kier molecular flexibility index (Phi) is 6.40. The van der Waals surface area contributed by atoms with Gasteiger partial charge in [-0.25, -0.2) is 0 Å². The molecule has 1 aromatic carbocycles. The van der Waals surface area contributed by atoms with Crippen LogP contribution in [0.2, 0.25) is 0 Å². The molecule has 0 heterocycles. The van der Waals surface area contributed by atoms with Gasteiger partial charge in [-0.1, -0.05) is 30.7 Å². The first-order valence-corrected chi connectivity index (χ1v) is 7.15. The first-order chi connectivity index (χ1) is 8.97. The van der Waals surface area contributed by atoms with Crippen LogP contribution in [0, 0.1) is 13.8 Å². The molecule has 0 bridgehead atoms. The SMILES string of the molecule is CCC(N)Cc1cc(C)c(OC/C(C)=C/Cl)c(C)c1. The largest absolute Gasteiger partial charge is 0.489 e. The molecule has 1 rings (SSSR count). The van der Waals surface area contributed by atoms with Gasteiger partial charge in [0, 0.05) is 11.6 Å². The average Bonchev–Trinajstić information content (AvgIpc) is 2.37. The Balaban J connectivity index is 2.85. The van der Waals surface area contributed by atoms with Crippen LogP contribution in [0.1, 0.15) is 37.0 Å². The van der Waals surface area contributed by atoms with Gasteiger partial charge in [0.25, 0.3) is 0 Å². The Labute approximate surface area is 121 Å². The second kappa shape index (κ2) is 7.56. The van der Waals surface area contributed by atoms with Crippen LogP contribution < -0.4 is 10.5 Å². The van der Waals surface area contributed by atoms with E-state index in [1.54, 1.807) is 5.54 Å². The first kappa shape index (κ1) is 16.1. The molecule has 1 atom stereocenters. The lowest BCUT2D eigenvalue weighted by atomic mass is 9.99. The van der Waals surface area contributed by atoms with Gasteiger partial charge in [0.2, 0.25) is 0 Å². The molecule has 0 aromatic heterocycles. The smallest absolute Gasteiger partial charge is 0.125 e. The van der Waals surface area contributed by atoms with Gasteiger partial charge < -0.3 is 10.5 Å². The predicted molar refractivity (Wildman–Crippen MR) is 83.0 cm³/mol. The van der Waals surface area contributed by atoms with Crippen molar-refractivity contribution in [2.45, 2.75) is 46.6 Å². The van der Waals surface area contributed by atoms with Gasteiger partial charge in [0.1, 0.15) is 12.4 Å². The highest BCUT2D eigenvalue weighted by atomic mass is 35.5. The Hall–Kier alpha value is -0.990. The molecule has 0 aliphatic carbocycles. The summed E-state index contributed by atoms with van der Waals surface area (Å²) < 4.78 is 5.82. The standard InChI is InChI=1S/C16H24ClNO/c1-5-15(18)8-14-6-12(3)16(13(4)7-14)19-10-11(2)9-17/h6-7,9,15H,5,8,10,18H2,1-4H3/b11-9+. The molecule has 0 aliphatic heterocycles. The van der Waals surface area contributed by atoms with E-state index < -0.39 is 0 Å². The Bertz CT molecular complexity index is 431. The molecule has 19 heavy (non-hydrogen) atoms. The fraction of sp³-hybridized carbons (Fsp3) is 0.500. The van der Waals surface area contributed by atoms with Crippen LogP contribution >= 0.6 is 11.6 Å². The maximum atomic E-state index is 6.01. The van der Waals surface area contributed by atoms with Crippen LogP contribution in [0.3, 0.4) is 0 Å². The van der Waals surface area contributed by atoms with Crippen molar-refractivity contribution >= 4 is 11.6 Å². The third kappa shape index (κ3) is 4.88. The third-order valence-electron chi connectivity index (χ3n) is 3.17. The fourth-order valence-electron chi connectivity index (χ4n) is 2.05. The van der Waals surface area contributed by atoms with Gasteiger partial charge in [-0.2, -0.15) is 0 Å². The molecule has 2 N–H and O–H groups in total. The summed E-state index contributed by atoms with van der Waals surface area (Å²) in [6, 6.07) is 4.56. The number of ether oxygens (including phenoxy) is 1. The molecule has 3 heteroatoms. The highest BCUT2D eigenvalue weighted by Crippen LogP contribution is 2.26. The van der Waals surface area contributed by atoms with Crippen molar-refractivity contribution in [2.24, 2.45) is 5.73 Å². The van der Waals surface area contributed by atoms with Crippen LogP contribution in [0.15, 0.2) is 23.2 Å². The summed E-state index contributed by atoms with van der Waals surface area (Å²) in [5, 5.41) is 0. The van der Waals surface area contributed by atoms with Crippen molar-refractivity contribution in [3.8, 4) is 5.75 Å². The number of benzene rings is 1. The highest BCUT2D eigenvalue weighted by Gasteiger charge is 2.09. The average molecular weight is 282 g/mol. The number of hydrogen-bond donors (Lipinski definition) is 1. The minimum Gasteiger partial charge on any atom is -0.489 e. The Morgan fingerprint density at radius 2 is 1.95 bits per heavy atom. The molecule has 0 amide bonds. The summed E-state index contributed by atoms with van der Waals surface area (Å²) in [4.78, 5) is 0. The van der Waals surface area contributed by atoms with Crippen LogP contribution in [-0.4, -0.2) is 12.6 Å². The highest BCUT2D eigenvalue weighted by molar-refractivity contribution is 6.25. The predicted octanol–water partition coefficient (Wildman–Crippen LogP) is 4.10. The third-order valence-corrected chi connectivity index (χ3v) is 3.55. The normalized spacial score (nSPS) is 13.5. The quantitative estimate of drug-likeness (QED) is 0.852. The van der Waals surface area contributed by atoms with Gasteiger partial charge in [0.05, 0.1) is 0 Å². The Morgan fingerprint density at radius 3 is 2.42 bits per heavy atom. The molecule has 1 unspecified atom stereocenters. The van der Waals surface area contributed by atoms with E-state index in [4.69, 9.17) is 22.1 Å². The molecular formula is C16H24ClNO. The monoisotopic (exact) mass is 281 g/mol. The van der Waals surface area contributed by atoms with Crippen molar-refractivity contribution in [1.29, 1.82) is 0 Å². The topological polar surface area (TPSA) is 35.2 Å². The first-order valence-electron chi connectivity index (χ1n) is 6.72. The van der Waals surface area contributed by atoms with Crippen molar-refractivity contribution < 1.29 is 4.74 Å². The van der Waals surface area contributed by atoms with Crippen LogP contribution in [0.5, 0.6) is 5.75 Å². The zero-order chi connectivity index (χ0) is 14.4. The summed E-state index contributed by atoms with van der Waals surface area (Å²) in [5.41, 5.74) is 12.2. The summed E-state index contributed by atoms with van der Waals surface area (Å²) in [6.07, 6.45) is 1.91. The molecule has 1 aromatic rings. The molecule has 0 saturated carbocycles. The van der Waals surface area contributed by atoms with Crippen LogP contribution in [-0.2, 0) is 6.42 Å². The minimum atomic E-state index is 0.229. The van der Waals surface area contributed by atoms with E-state index >= 15 is 0 Å². The lowest BCUT2D eigenvalue weighted by Gasteiger charge is -2.15. The van der Waals surface area contributed by atoms with E-state index in [0.29, 0.717) is 6.61 Å². The molecule has 2 nitrogen and oxygen atoms in total. The molecule has 0 spiro atoms. The van der Waals surface area contributed by atoms with Gasteiger partial charge >= 0.3 is 0 Å². The van der Waals surface area contributed by atoms with Crippen molar-refractivity contribution in [3.05, 3.63) is 39.9 Å². The molecule has 106 valence electrons. The summed E-state index contributed by atoms with van der Waals surface area (Å²) >= 11 is 5.64. The second-order valence-electron chi connectivity index (χ2n) is 5.18. The summed E-state index contributed by atoms with van der Waals surface area (Å²) in [7, 11) is 0. The number of rotatable bonds is 6. The summed E-state index contributed by atoms with van der Waals surface area (Å²) in [5.74, 6) is 0.951. The second-order valence-corrected chi connectivity index (χ2v) is 5.39. The van der Waals surface area contributed by atoms with E-state index in [1.165, 1.54) is 5.56 Å². The Morgan fingerprint density at radius 1 is 1.37 bits per heavy atom. The number of hydrogen-bond acceptors (Lipinski definition) is 2. The maximum Gasteiger partial charge on any atom is 0.125 e. The molecule has 0 aliphatic rings. The van der Waals surface area contributed by atoms with Gasteiger partial charge in [0.15, 0.2) is 0 Å². The van der Waals surface area contributed by atoms with Crippen LogP contribution in [0.4, 0.5) is 0 Å². The van der Waals surface area contributed by atoms with Crippen molar-refractivity contribution in [1.82, 2.24) is 0 Å². The van der Waals surface area contributed by atoms with Gasteiger partial charge in [-0.05, 0) is 55.9 Å². The zero-order valence-electron chi connectivity index (χ0n) is 12.3. The lowest BCUT2D eigenvalue weighted by molar-refractivity contribution is 0.347.